The van der Waals surface area contributed by atoms with E-state index in [1.807, 2.05) is 20.8 Å². The van der Waals surface area contributed by atoms with Gasteiger partial charge in [0, 0.05) is 30.1 Å². The van der Waals surface area contributed by atoms with Crippen LogP contribution >= 0.6 is 0 Å². The van der Waals surface area contributed by atoms with E-state index in [9.17, 15) is 18.0 Å². The van der Waals surface area contributed by atoms with Crippen LogP contribution in [0.5, 0.6) is 0 Å². The van der Waals surface area contributed by atoms with Gasteiger partial charge in [0.15, 0.2) is 9.84 Å². The second-order valence-electron chi connectivity index (χ2n) is 8.65. The van der Waals surface area contributed by atoms with Crippen LogP contribution < -0.4 is 10.2 Å². The van der Waals surface area contributed by atoms with Crippen molar-refractivity contribution in [1.82, 2.24) is 5.32 Å². The number of rotatable bonds is 7. The normalized spacial score (nSPS) is 17.9. The molecular weight excluding hydrogens is 376 g/mol. The van der Waals surface area contributed by atoms with Gasteiger partial charge in [0.05, 0.1) is 10.1 Å². The molecule has 1 heterocycles. The molecule has 28 heavy (non-hydrogen) atoms. The van der Waals surface area contributed by atoms with Crippen molar-refractivity contribution < 1.29 is 18.0 Å². The van der Waals surface area contributed by atoms with Gasteiger partial charge in [0.2, 0.25) is 11.8 Å². The topological polar surface area (TPSA) is 83.6 Å². The average Bonchev–Trinajstić information content (AvgIpc) is 3.39. The molecule has 1 aromatic carbocycles. The third kappa shape index (κ3) is 4.24. The Balaban J connectivity index is 1.73. The minimum absolute atomic E-state index is 0.0743. The summed E-state index contributed by atoms with van der Waals surface area (Å²) in [5, 5.41) is 2.07. The number of anilines is 1. The zero-order valence-electron chi connectivity index (χ0n) is 17.1. The molecule has 3 rings (SSSR count). The van der Waals surface area contributed by atoms with Gasteiger partial charge in [0.1, 0.15) is 0 Å². The largest absolute Gasteiger partial charge is 0.351 e. The van der Waals surface area contributed by atoms with Gasteiger partial charge < -0.3 is 10.2 Å². The van der Waals surface area contributed by atoms with Crippen molar-refractivity contribution in [2.45, 2.75) is 75.5 Å². The van der Waals surface area contributed by atoms with Crippen molar-refractivity contribution in [1.29, 1.82) is 0 Å². The Bertz CT molecular complexity index is 888. The molecule has 1 atom stereocenters. The van der Waals surface area contributed by atoms with Gasteiger partial charge in [-0.1, -0.05) is 6.92 Å². The number of hydrogen-bond acceptors (Lipinski definition) is 4. The van der Waals surface area contributed by atoms with Gasteiger partial charge >= 0.3 is 0 Å². The van der Waals surface area contributed by atoms with Crippen LogP contribution in [0.2, 0.25) is 0 Å². The lowest BCUT2D eigenvalue weighted by Crippen LogP contribution is -2.44. The minimum atomic E-state index is -3.62. The van der Waals surface area contributed by atoms with Gasteiger partial charge in [-0.25, -0.2) is 8.42 Å². The Morgan fingerprint density at radius 1 is 1.29 bits per heavy atom. The van der Waals surface area contributed by atoms with Crippen molar-refractivity contribution >= 4 is 27.3 Å². The summed E-state index contributed by atoms with van der Waals surface area (Å²) < 4.78 is 26.0. The molecule has 7 heteroatoms. The highest BCUT2D eigenvalue weighted by atomic mass is 32.2. The molecule has 154 valence electrons. The molecule has 6 nitrogen and oxygen atoms in total. The van der Waals surface area contributed by atoms with Crippen molar-refractivity contribution in [3.8, 4) is 0 Å². The first-order valence-corrected chi connectivity index (χ1v) is 11.6. The lowest BCUT2D eigenvalue weighted by molar-refractivity contribution is -0.122. The Kier molecular flexibility index (Phi) is 5.58. The summed E-state index contributed by atoms with van der Waals surface area (Å²) in [6, 6.07) is 4.98. The Morgan fingerprint density at radius 2 is 1.96 bits per heavy atom. The molecule has 1 unspecified atom stereocenters. The van der Waals surface area contributed by atoms with E-state index in [0.29, 0.717) is 13.0 Å². The maximum absolute atomic E-state index is 13.0. The summed E-state index contributed by atoms with van der Waals surface area (Å²) in [6.45, 7) is 7.99. The monoisotopic (exact) mass is 406 g/mol. The Labute approximate surface area is 167 Å². The summed E-state index contributed by atoms with van der Waals surface area (Å²) >= 11 is 0. The quantitative estimate of drug-likeness (QED) is 0.755. The fourth-order valence-corrected chi connectivity index (χ4v) is 4.85. The first-order valence-electron chi connectivity index (χ1n) is 10.0. The number of sulfone groups is 1. The fraction of sp³-hybridized carbons (Fsp3) is 0.619. The molecule has 0 radical (unpaired) electrons. The number of benzene rings is 1. The highest BCUT2D eigenvalue weighted by Crippen LogP contribution is 2.37. The minimum Gasteiger partial charge on any atom is -0.351 e. The number of nitrogens with one attached hydrogen (secondary N) is 1. The molecule has 1 aliphatic heterocycles. The standard InChI is InChI=1S/C21H30N2O4S/c1-5-21(3,4)22-19(24)12-14(2)28(26,27)17-8-9-18-16(13-17)10-11-23(18)20(25)15-6-7-15/h8-9,13-15H,5-7,10-12H2,1-4H3,(H,22,24). The van der Waals surface area contributed by atoms with Crippen molar-refractivity contribution in [2.75, 3.05) is 11.4 Å². The zero-order chi connectivity index (χ0) is 20.7. The number of carbonyl (C=O) groups excluding carboxylic acids is 2. The average molecular weight is 407 g/mol. The molecule has 1 aliphatic carbocycles. The van der Waals surface area contributed by atoms with E-state index in [1.54, 1.807) is 30.0 Å². The fourth-order valence-electron chi connectivity index (χ4n) is 3.45. The van der Waals surface area contributed by atoms with Crippen LogP contribution in [0.15, 0.2) is 23.1 Å². The summed E-state index contributed by atoms with van der Waals surface area (Å²) in [7, 11) is -3.62. The van der Waals surface area contributed by atoms with Crippen LogP contribution in [0.4, 0.5) is 5.69 Å². The van der Waals surface area contributed by atoms with E-state index in [-0.39, 0.29) is 34.6 Å². The van der Waals surface area contributed by atoms with E-state index in [1.165, 1.54) is 0 Å². The molecular formula is C21H30N2O4S. The lowest BCUT2D eigenvalue weighted by Gasteiger charge is -2.25. The summed E-state index contributed by atoms with van der Waals surface area (Å²) in [6.07, 6.45) is 3.25. The molecule has 0 spiro atoms. The SMILES string of the molecule is CCC(C)(C)NC(=O)CC(C)S(=O)(=O)c1ccc2c(c1)CCN2C(=O)C1CC1. The molecule has 0 aromatic heterocycles. The molecule has 1 fully saturated rings. The lowest BCUT2D eigenvalue weighted by atomic mass is 10.0. The van der Waals surface area contributed by atoms with Crippen molar-refractivity contribution in [3.05, 3.63) is 23.8 Å². The maximum atomic E-state index is 13.0. The van der Waals surface area contributed by atoms with Gasteiger partial charge in [-0.2, -0.15) is 0 Å². The van der Waals surface area contributed by atoms with Crippen LogP contribution in [0.25, 0.3) is 0 Å². The summed E-state index contributed by atoms with van der Waals surface area (Å²) in [4.78, 5) is 26.7. The first kappa shape index (κ1) is 20.8. The van der Waals surface area contributed by atoms with Crippen LogP contribution in [-0.2, 0) is 25.8 Å². The Morgan fingerprint density at radius 3 is 2.57 bits per heavy atom. The number of fused-ring (bicyclic) bond motifs is 1. The molecule has 1 N–H and O–H groups in total. The van der Waals surface area contributed by atoms with E-state index in [4.69, 9.17) is 0 Å². The van der Waals surface area contributed by atoms with Crippen LogP contribution in [0.1, 0.15) is 58.9 Å². The number of amides is 2. The van der Waals surface area contributed by atoms with E-state index >= 15 is 0 Å². The van der Waals surface area contributed by atoms with Crippen molar-refractivity contribution in [3.63, 3.8) is 0 Å². The number of nitrogens with zero attached hydrogens (tertiary/aromatic N) is 1. The van der Waals surface area contributed by atoms with E-state index in [0.717, 1.165) is 30.5 Å². The van der Waals surface area contributed by atoms with Gasteiger partial charge in [-0.15, -0.1) is 0 Å². The molecule has 2 aliphatic rings. The highest BCUT2D eigenvalue weighted by molar-refractivity contribution is 7.92. The maximum Gasteiger partial charge on any atom is 0.230 e. The van der Waals surface area contributed by atoms with E-state index in [2.05, 4.69) is 5.32 Å². The third-order valence-corrected chi connectivity index (χ3v) is 7.97. The van der Waals surface area contributed by atoms with Gasteiger partial charge in [-0.3, -0.25) is 9.59 Å². The molecule has 0 bridgehead atoms. The molecule has 1 aromatic rings. The summed E-state index contributed by atoms with van der Waals surface area (Å²) in [5.41, 5.74) is 1.36. The molecule has 2 amide bonds. The Hall–Kier alpha value is -1.89. The van der Waals surface area contributed by atoms with Gasteiger partial charge in [-0.05, 0) is 70.2 Å². The second-order valence-corrected chi connectivity index (χ2v) is 11.0. The predicted octanol–water partition coefficient (Wildman–Crippen LogP) is 2.84. The number of carbonyl (C=O) groups is 2. The smallest absolute Gasteiger partial charge is 0.230 e. The molecule has 0 saturated heterocycles. The predicted molar refractivity (Wildman–Crippen MR) is 109 cm³/mol. The summed E-state index contributed by atoms with van der Waals surface area (Å²) in [5.74, 6) is 0.0310. The highest BCUT2D eigenvalue weighted by Gasteiger charge is 2.37. The van der Waals surface area contributed by atoms with E-state index < -0.39 is 15.1 Å². The first-order chi connectivity index (χ1) is 13.0. The van der Waals surface area contributed by atoms with Crippen LogP contribution in [0, 0.1) is 5.92 Å². The van der Waals surface area contributed by atoms with Crippen molar-refractivity contribution in [2.24, 2.45) is 5.92 Å². The number of hydrogen-bond donors (Lipinski definition) is 1. The van der Waals surface area contributed by atoms with Crippen LogP contribution in [-0.4, -0.2) is 37.6 Å². The zero-order valence-corrected chi connectivity index (χ0v) is 17.9. The molecule has 1 saturated carbocycles. The third-order valence-electron chi connectivity index (χ3n) is 5.83. The van der Waals surface area contributed by atoms with Crippen LogP contribution in [0.3, 0.4) is 0 Å². The second kappa shape index (κ2) is 7.50. The van der Waals surface area contributed by atoms with Gasteiger partial charge in [0.25, 0.3) is 0 Å².